The molecule has 0 aliphatic rings. The summed E-state index contributed by atoms with van der Waals surface area (Å²) in [6.45, 7) is 2.08. The Balaban J connectivity index is 2.03. The normalized spacial score (nSPS) is 11.5. The molecule has 0 spiro atoms. The Morgan fingerprint density at radius 2 is 1.95 bits per heavy atom. The molecule has 1 heterocycles. The van der Waals surface area contributed by atoms with Crippen molar-refractivity contribution in [3.05, 3.63) is 40.9 Å². The van der Waals surface area contributed by atoms with Crippen LogP contribution in [0.4, 0.5) is 13.2 Å². The SMILES string of the molecule is CCOC(=O)CCc1csc(-c2ccc(C(F)(F)F)cc2)n1. The van der Waals surface area contributed by atoms with Crippen molar-refractivity contribution in [1.82, 2.24) is 4.98 Å². The van der Waals surface area contributed by atoms with Crippen LogP contribution < -0.4 is 0 Å². The van der Waals surface area contributed by atoms with Gasteiger partial charge in [0.2, 0.25) is 0 Å². The van der Waals surface area contributed by atoms with E-state index in [9.17, 15) is 18.0 Å². The molecule has 7 heteroatoms. The quantitative estimate of drug-likeness (QED) is 0.767. The summed E-state index contributed by atoms with van der Waals surface area (Å²) in [6, 6.07) is 4.87. The van der Waals surface area contributed by atoms with Crippen LogP contribution in [0.1, 0.15) is 24.6 Å². The zero-order valence-electron chi connectivity index (χ0n) is 11.8. The number of carbonyl (C=O) groups excluding carboxylic acids is 1. The highest BCUT2D eigenvalue weighted by Gasteiger charge is 2.30. The van der Waals surface area contributed by atoms with Gasteiger partial charge in [-0.05, 0) is 19.1 Å². The number of thiazole rings is 1. The molecule has 0 aliphatic heterocycles. The number of esters is 1. The minimum Gasteiger partial charge on any atom is -0.466 e. The van der Waals surface area contributed by atoms with Crippen molar-refractivity contribution < 1.29 is 22.7 Å². The maximum Gasteiger partial charge on any atom is 0.416 e. The number of halogens is 3. The zero-order chi connectivity index (χ0) is 16.2. The molecule has 0 aliphatic carbocycles. The van der Waals surface area contributed by atoms with Gasteiger partial charge >= 0.3 is 12.1 Å². The Bertz CT molecular complexity index is 635. The summed E-state index contributed by atoms with van der Waals surface area (Å²) in [4.78, 5) is 15.6. The third-order valence-electron chi connectivity index (χ3n) is 2.90. The van der Waals surface area contributed by atoms with Gasteiger partial charge in [-0.15, -0.1) is 11.3 Å². The second-order valence-electron chi connectivity index (χ2n) is 4.52. The maximum absolute atomic E-state index is 12.5. The standard InChI is InChI=1S/C15H14F3NO2S/c1-2-21-13(20)8-7-12-9-22-14(19-12)10-3-5-11(6-4-10)15(16,17)18/h3-6,9H,2,7-8H2,1H3. The first-order chi connectivity index (χ1) is 10.4. The van der Waals surface area contributed by atoms with Crippen molar-refractivity contribution in [1.29, 1.82) is 0 Å². The highest BCUT2D eigenvalue weighted by Crippen LogP contribution is 2.31. The number of hydrogen-bond acceptors (Lipinski definition) is 4. The van der Waals surface area contributed by atoms with Crippen LogP contribution in [0, 0.1) is 0 Å². The number of hydrogen-bond donors (Lipinski definition) is 0. The Labute approximate surface area is 129 Å². The maximum atomic E-state index is 12.5. The monoisotopic (exact) mass is 329 g/mol. The summed E-state index contributed by atoms with van der Waals surface area (Å²) >= 11 is 1.34. The summed E-state index contributed by atoms with van der Waals surface area (Å²) in [5.41, 5.74) is 0.670. The van der Waals surface area contributed by atoms with E-state index in [0.717, 1.165) is 17.8 Å². The number of aryl methyl sites for hydroxylation is 1. The first kappa shape index (κ1) is 16.5. The Kier molecular flexibility index (Phi) is 5.18. The van der Waals surface area contributed by atoms with Crippen molar-refractivity contribution in [2.75, 3.05) is 6.61 Å². The van der Waals surface area contributed by atoms with Crippen LogP contribution in [0.25, 0.3) is 10.6 Å². The van der Waals surface area contributed by atoms with E-state index >= 15 is 0 Å². The third-order valence-corrected chi connectivity index (χ3v) is 3.84. The van der Waals surface area contributed by atoms with Gasteiger partial charge in [0.05, 0.1) is 24.3 Å². The molecular weight excluding hydrogens is 315 g/mol. The molecule has 0 unspecified atom stereocenters. The van der Waals surface area contributed by atoms with Crippen molar-refractivity contribution in [2.24, 2.45) is 0 Å². The predicted molar refractivity (Wildman–Crippen MR) is 77.5 cm³/mol. The van der Waals surface area contributed by atoms with Crippen LogP contribution in [0.2, 0.25) is 0 Å². The average Bonchev–Trinajstić information content (AvgIpc) is 2.93. The summed E-state index contributed by atoms with van der Waals surface area (Å²) in [7, 11) is 0. The predicted octanol–water partition coefficient (Wildman–Crippen LogP) is 4.32. The summed E-state index contributed by atoms with van der Waals surface area (Å²) in [5, 5.41) is 2.43. The second kappa shape index (κ2) is 6.91. The van der Waals surface area contributed by atoms with E-state index in [4.69, 9.17) is 4.74 Å². The smallest absolute Gasteiger partial charge is 0.416 e. The van der Waals surface area contributed by atoms with E-state index in [1.807, 2.05) is 0 Å². The molecular formula is C15H14F3NO2S. The van der Waals surface area contributed by atoms with Crippen LogP contribution in [0.15, 0.2) is 29.6 Å². The summed E-state index contributed by atoms with van der Waals surface area (Å²) < 4.78 is 42.4. The molecule has 0 saturated heterocycles. The van der Waals surface area contributed by atoms with E-state index in [1.54, 1.807) is 12.3 Å². The van der Waals surface area contributed by atoms with E-state index in [-0.39, 0.29) is 12.4 Å². The molecule has 2 rings (SSSR count). The summed E-state index contributed by atoms with van der Waals surface area (Å²) in [6.07, 6.45) is -3.65. The third kappa shape index (κ3) is 4.30. The van der Waals surface area contributed by atoms with Crippen LogP contribution in [-0.2, 0) is 22.1 Å². The highest BCUT2D eigenvalue weighted by atomic mass is 32.1. The fourth-order valence-corrected chi connectivity index (χ4v) is 2.68. The van der Waals surface area contributed by atoms with Crippen molar-refractivity contribution in [2.45, 2.75) is 25.9 Å². The zero-order valence-corrected chi connectivity index (χ0v) is 12.6. The largest absolute Gasteiger partial charge is 0.466 e. The number of alkyl halides is 3. The molecule has 2 aromatic rings. The van der Waals surface area contributed by atoms with Gasteiger partial charge in [0.15, 0.2) is 0 Å². The Morgan fingerprint density at radius 1 is 1.27 bits per heavy atom. The molecule has 0 bridgehead atoms. The molecule has 0 N–H and O–H groups in total. The fourth-order valence-electron chi connectivity index (χ4n) is 1.82. The van der Waals surface area contributed by atoms with Gasteiger partial charge in [0.1, 0.15) is 5.01 Å². The molecule has 22 heavy (non-hydrogen) atoms. The molecule has 1 aromatic carbocycles. The lowest BCUT2D eigenvalue weighted by atomic mass is 10.1. The molecule has 1 aromatic heterocycles. The fraction of sp³-hybridized carbons (Fsp3) is 0.333. The van der Waals surface area contributed by atoms with Crippen molar-refractivity contribution in [3.8, 4) is 10.6 Å². The molecule has 3 nitrogen and oxygen atoms in total. The van der Waals surface area contributed by atoms with Gasteiger partial charge in [-0.1, -0.05) is 12.1 Å². The van der Waals surface area contributed by atoms with E-state index < -0.39 is 11.7 Å². The number of rotatable bonds is 5. The second-order valence-corrected chi connectivity index (χ2v) is 5.38. The van der Waals surface area contributed by atoms with Crippen LogP contribution >= 0.6 is 11.3 Å². The van der Waals surface area contributed by atoms with Gasteiger partial charge in [0.25, 0.3) is 0 Å². The average molecular weight is 329 g/mol. The van der Waals surface area contributed by atoms with Gasteiger partial charge < -0.3 is 4.74 Å². The molecule has 0 radical (unpaired) electrons. The number of nitrogens with zero attached hydrogens (tertiary/aromatic N) is 1. The lowest BCUT2D eigenvalue weighted by Gasteiger charge is -2.06. The topological polar surface area (TPSA) is 39.2 Å². The van der Waals surface area contributed by atoms with Gasteiger partial charge in [-0.2, -0.15) is 13.2 Å². The highest BCUT2D eigenvalue weighted by molar-refractivity contribution is 7.13. The van der Waals surface area contributed by atoms with Crippen molar-refractivity contribution in [3.63, 3.8) is 0 Å². The molecule has 0 amide bonds. The minimum atomic E-state index is -4.34. The van der Waals surface area contributed by atoms with Crippen LogP contribution in [-0.4, -0.2) is 17.6 Å². The lowest BCUT2D eigenvalue weighted by molar-refractivity contribution is -0.143. The summed E-state index contributed by atoms with van der Waals surface area (Å²) in [5.74, 6) is -0.286. The van der Waals surface area contributed by atoms with Crippen LogP contribution in [0.5, 0.6) is 0 Å². The van der Waals surface area contributed by atoms with Gasteiger partial charge in [-0.3, -0.25) is 4.79 Å². The van der Waals surface area contributed by atoms with E-state index in [2.05, 4.69) is 4.98 Å². The number of aromatic nitrogens is 1. The number of ether oxygens (including phenoxy) is 1. The van der Waals surface area contributed by atoms with Crippen molar-refractivity contribution >= 4 is 17.3 Å². The minimum absolute atomic E-state index is 0.240. The van der Waals surface area contributed by atoms with Crippen LogP contribution in [0.3, 0.4) is 0 Å². The molecule has 0 saturated carbocycles. The van der Waals surface area contributed by atoms with Gasteiger partial charge in [-0.25, -0.2) is 4.98 Å². The molecule has 0 atom stereocenters. The molecule has 118 valence electrons. The Morgan fingerprint density at radius 3 is 2.55 bits per heavy atom. The van der Waals surface area contributed by atoms with Gasteiger partial charge in [0, 0.05) is 17.4 Å². The number of carbonyl (C=O) groups is 1. The molecule has 0 fully saturated rings. The number of benzene rings is 1. The Hall–Kier alpha value is -1.89. The first-order valence-electron chi connectivity index (χ1n) is 6.68. The lowest BCUT2D eigenvalue weighted by Crippen LogP contribution is -2.05. The first-order valence-corrected chi connectivity index (χ1v) is 7.55. The van der Waals surface area contributed by atoms with E-state index in [1.165, 1.54) is 23.5 Å². The van der Waals surface area contributed by atoms with E-state index in [0.29, 0.717) is 23.6 Å².